The molecule has 1 aliphatic rings. The van der Waals surface area contributed by atoms with E-state index in [1.165, 1.54) is 25.1 Å². The van der Waals surface area contributed by atoms with Crippen LogP contribution in [0.4, 0.5) is 0 Å². The van der Waals surface area contributed by atoms with Crippen molar-refractivity contribution in [3.05, 3.63) is 29.8 Å². The van der Waals surface area contributed by atoms with Gasteiger partial charge < -0.3 is 10.0 Å². The number of hydrogen-bond donors (Lipinski definition) is 2. The second-order valence-electron chi connectivity index (χ2n) is 5.64. The van der Waals surface area contributed by atoms with Crippen molar-refractivity contribution in [2.45, 2.75) is 26.8 Å². The number of rotatable bonds is 4. The summed E-state index contributed by atoms with van der Waals surface area (Å²) in [6, 6.07) is 7.54. The average molecular weight is 247 g/mol. The van der Waals surface area contributed by atoms with E-state index in [1.807, 2.05) is 12.1 Å². The Labute approximate surface area is 110 Å². The van der Waals surface area contributed by atoms with Gasteiger partial charge in [0.15, 0.2) is 0 Å². The molecule has 0 aromatic heterocycles. The van der Waals surface area contributed by atoms with Gasteiger partial charge in [0.05, 0.1) is 0 Å². The Bertz CT molecular complexity index is 378. The normalized spacial score (nSPS) is 20.6. The molecular formula is C14H22BNO2. The fraction of sp³-hybridized carbons (Fsp3) is 0.571. The minimum absolute atomic E-state index is 0.556. The van der Waals surface area contributed by atoms with Crippen LogP contribution in [0.5, 0.6) is 0 Å². The van der Waals surface area contributed by atoms with Crippen molar-refractivity contribution in [1.82, 2.24) is 4.90 Å². The third-order valence-corrected chi connectivity index (χ3v) is 3.94. The molecule has 1 fully saturated rings. The highest BCUT2D eigenvalue weighted by Gasteiger charge is 2.24. The molecule has 98 valence electrons. The molecule has 18 heavy (non-hydrogen) atoms. The molecule has 4 heteroatoms. The summed E-state index contributed by atoms with van der Waals surface area (Å²) in [6.07, 6.45) is 1.30. The summed E-state index contributed by atoms with van der Waals surface area (Å²) in [7, 11) is -1.36. The molecule has 2 N–H and O–H groups in total. The SMILES string of the molecule is CC(C)C1CCN(Cc2ccc(B(O)O)cc2)C1. The molecule has 0 radical (unpaired) electrons. The molecule has 1 heterocycles. The maximum atomic E-state index is 9.04. The number of benzene rings is 1. The van der Waals surface area contributed by atoms with E-state index in [1.54, 1.807) is 12.1 Å². The average Bonchev–Trinajstić information content (AvgIpc) is 2.78. The van der Waals surface area contributed by atoms with Gasteiger partial charge in [0, 0.05) is 13.1 Å². The van der Waals surface area contributed by atoms with E-state index in [0.29, 0.717) is 5.46 Å². The molecule has 0 aliphatic carbocycles. The van der Waals surface area contributed by atoms with Gasteiger partial charge in [-0.25, -0.2) is 0 Å². The van der Waals surface area contributed by atoms with Gasteiger partial charge in [-0.05, 0) is 35.8 Å². The van der Waals surface area contributed by atoms with Crippen LogP contribution in [-0.2, 0) is 6.54 Å². The lowest BCUT2D eigenvalue weighted by molar-refractivity contribution is 0.297. The number of nitrogens with zero attached hydrogens (tertiary/aromatic N) is 1. The number of hydrogen-bond acceptors (Lipinski definition) is 3. The van der Waals surface area contributed by atoms with Crippen LogP contribution in [0.25, 0.3) is 0 Å². The lowest BCUT2D eigenvalue weighted by Gasteiger charge is -2.18. The van der Waals surface area contributed by atoms with Crippen LogP contribution in [0, 0.1) is 11.8 Å². The second-order valence-corrected chi connectivity index (χ2v) is 5.64. The zero-order chi connectivity index (χ0) is 13.1. The van der Waals surface area contributed by atoms with Crippen LogP contribution in [0.2, 0.25) is 0 Å². The minimum Gasteiger partial charge on any atom is -0.423 e. The fourth-order valence-corrected chi connectivity index (χ4v) is 2.60. The largest absolute Gasteiger partial charge is 0.488 e. The van der Waals surface area contributed by atoms with Gasteiger partial charge in [0.1, 0.15) is 0 Å². The van der Waals surface area contributed by atoms with Crippen molar-refractivity contribution in [2.24, 2.45) is 11.8 Å². The summed E-state index contributed by atoms with van der Waals surface area (Å²) in [4.78, 5) is 2.48. The molecule has 1 unspecified atom stereocenters. The van der Waals surface area contributed by atoms with Gasteiger partial charge in [-0.3, -0.25) is 4.90 Å². The zero-order valence-corrected chi connectivity index (χ0v) is 11.2. The van der Waals surface area contributed by atoms with Gasteiger partial charge >= 0.3 is 7.12 Å². The molecule has 1 atom stereocenters. The Hall–Kier alpha value is -0.835. The first-order valence-corrected chi connectivity index (χ1v) is 6.73. The molecule has 0 amide bonds. The van der Waals surface area contributed by atoms with E-state index in [4.69, 9.17) is 10.0 Å². The maximum Gasteiger partial charge on any atom is 0.488 e. The molecule has 0 saturated carbocycles. The molecule has 1 aromatic rings. The Kier molecular flexibility index (Phi) is 4.43. The summed E-state index contributed by atoms with van der Waals surface area (Å²) in [6.45, 7) is 7.91. The Morgan fingerprint density at radius 3 is 2.44 bits per heavy atom. The highest BCUT2D eigenvalue weighted by molar-refractivity contribution is 6.58. The van der Waals surface area contributed by atoms with Gasteiger partial charge in [-0.2, -0.15) is 0 Å². The number of likely N-dealkylation sites (tertiary alicyclic amines) is 1. The highest BCUT2D eigenvalue weighted by atomic mass is 16.4. The molecular weight excluding hydrogens is 225 g/mol. The second kappa shape index (κ2) is 5.87. The van der Waals surface area contributed by atoms with Crippen LogP contribution in [0.15, 0.2) is 24.3 Å². The quantitative estimate of drug-likeness (QED) is 0.775. The smallest absolute Gasteiger partial charge is 0.423 e. The van der Waals surface area contributed by atoms with Gasteiger partial charge in [0.25, 0.3) is 0 Å². The minimum atomic E-state index is -1.36. The standard InChI is InChI=1S/C14H22BNO2/c1-11(2)13-7-8-16(10-13)9-12-3-5-14(6-4-12)15(17)18/h3-6,11,13,17-18H,7-10H2,1-2H3. The lowest BCUT2D eigenvalue weighted by Crippen LogP contribution is -2.29. The van der Waals surface area contributed by atoms with E-state index in [-0.39, 0.29) is 0 Å². The van der Waals surface area contributed by atoms with E-state index in [0.717, 1.165) is 18.4 Å². The first-order chi connectivity index (χ1) is 8.56. The summed E-state index contributed by atoms with van der Waals surface area (Å²) < 4.78 is 0. The first kappa shape index (κ1) is 13.6. The molecule has 3 nitrogen and oxygen atoms in total. The summed E-state index contributed by atoms with van der Waals surface area (Å²) >= 11 is 0. The topological polar surface area (TPSA) is 43.7 Å². The summed E-state index contributed by atoms with van der Waals surface area (Å²) in [5, 5.41) is 18.1. The van der Waals surface area contributed by atoms with Crippen molar-refractivity contribution in [3.8, 4) is 0 Å². The van der Waals surface area contributed by atoms with Gasteiger partial charge in [-0.1, -0.05) is 38.1 Å². The molecule has 2 rings (SSSR count). The van der Waals surface area contributed by atoms with Gasteiger partial charge in [0.2, 0.25) is 0 Å². The van der Waals surface area contributed by atoms with E-state index < -0.39 is 7.12 Å². The summed E-state index contributed by atoms with van der Waals surface area (Å²) in [5.41, 5.74) is 1.80. The Morgan fingerprint density at radius 2 is 1.94 bits per heavy atom. The monoisotopic (exact) mass is 247 g/mol. The molecule has 1 aromatic carbocycles. The molecule has 1 aliphatic heterocycles. The zero-order valence-electron chi connectivity index (χ0n) is 11.2. The van der Waals surface area contributed by atoms with Crippen LogP contribution < -0.4 is 5.46 Å². The van der Waals surface area contributed by atoms with E-state index >= 15 is 0 Å². The van der Waals surface area contributed by atoms with Crippen molar-refractivity contribution in [1.29, 1.82) is 0 Å². The molecule has 0 bridgehead atoms. The van der Waals surface area contributed by atoms with Crippen LogP contribution >= 0.6 is 0 Å². The predicted octanol–water partition coefficient (Wildman–Crippen LogP) is 0.844. The Balaban J connectivity index is 1.90. The van der Waals surface area contributed by atoms with Crippen molar-refractivity contribution >= 4 is 12.6 Å². The Morgan fingerprint density at radius 1 is 1.28 bits per heavy atom. The van der Waals surface area contributed by atoms with Crippen LogP contribution in [0.1, 0.15) is 25.8 Å². The van der Waals surface area contributed by atoms with Crippen molar-refractivity contribution in [3.63, 3.8) is 0 Å². The van der Waals surface area contributed by atoms with E-state index in [2.05, 4.69) is 18.7 Å². The molecule has 1 saturated heterocycles. The summed E-state index contributed by atoms with van der Waals surface area (Å²) in [5.74, 6) is 1.59. The third-order valence-electron chi connectivity index (χ3n) is 3.94. The first-order valence-electron chi connectivity index (χ1n) is 6.73. The van der Waals surface area contributed by atoms with Gasteiger partial charge in [-0.15, -0.1) is 0 Å². The van der Waals surface area contributed by atoms with Crippen molar-refractivity contribution < 1.29 is 10.0 Å². The molecule has 0 spiro atoms. The van der Waals surface area contributed by atoms with Crippen LogP contribution in [-0.4, -0.2) is 35.2 Å². The van der Waals surface area contributed by atoms with Crippen LogP contribution in [0.3, 0.4) is 0 Å². The third kappa shape index (κ3) is 3.34. The van der Waals surface area contributed by atoms with Crippen molar-refractivity contribution in [2.75, 3.05) is 13.1 Å². The predicted molar refractivity (Wildman–Crippen MR) is 74.5 cm³/mol. The lowest BCUT2D eigenvalue weighted by atomic mass is 9.80. The fourth-order valence-electron chi connectivity index (χ4n) is 2.60. The highest BCUT2D eigenvalue weighted by Crippen LogP contribution is 2.24. The van der Waals surface area contributed by atoms with E-state index in [9.17, 15) is 0 Å². The maximum absolute atomic E-state index is 9.04.